The third-order valence-electron chi connectivity index (χ3n) is 4.83. The highest BCUT2D eigenvalue weighted by Crippen LogP contribution is 2.30. The molecule has 4 aliphatic rings. The van der Waals surface area contributed by atoms with E-state index >= 15 is 0 Å². The predicted molar refractivity (Wildman–Crippen MR) is 106 cm³/mol. The summed E-state index contributed by atoms with van der Waals surface area (Å²) in [5.74, 6) is -1.43. The van der Waals surface area contributed by atoms with Crippen molar-refractivity contribution in [2.45, 2.75) is 25.7 Å². The lowest BCUT2D eigenvalue weighted by molar-refractivity contribution is 0.585. The molecule has 3 aromatic carbocycles. The summed E-state index contributed by atoms with van der Waals surface area (Å²) < 4.78 is 28.8. The molecule has 0 saturated carbocycles. The van der Waals surface area contributed by atoms with Gasteiger partial charge in [-0.25, -0.2) is 8.78 Å². The van der Waals surface area contributed by atoms with Gasteiger partial charge in [0, 0.05) is 4.47 Å². The van der Waals surface area contributed by atoms with Crippen molar-refractivity contribution < 1.29 is 8.78 Å². The minimum Gasteiger partial charge on any atom is -0.204 e. The van der Waals surface area contributed by atoms with Crippen molar-refractivity contribution in [1.29, 1.82) is 0 Å². The van der Waals surface area contributed by atoms with Crippen LogP contribution in [0.4, 0.5) is 20.2 Å². The van der Waals surface area contributed by atoms with Crippen molar-refractivity contribution in [3.8, 4) is 0 Å². The summed E-state index contributed by atoms with van der Waals surface area (Å²) in [6.07, 6.45) is 3.39. The van der Waals surface area contributed by atoms with E-state index in [0.29, 0.717) is 5.69 Å². The quantitative estimate of drug-likeness (QED) is 0.393. The summed E-state index contributed by atoms with van der Waals surface area (Å²) in [7, 11) is 0. The van der Waals surface area contributed by atoms with E-state index in [1.54, 1.807) is 0 Å². The van der Waals surface area contributed by atoms with Gasteiger partial charge < -0.3 is 0 Å². The summed E-state index contributed by atoms with van der Waals surface area (Å²) in [4.78, 5) is 0. The second-order valence-electron chi connectivity index (χ2n) is 6.66. The van der Waals surface area contributed by atoms with Gasteiger partial charge in [-0.1, -0.05) is 46.3 Å². The van der Waals surface area contributed by atoms with Gasteiger partial charge in [0.2, 0.25) is 0 Å². The van der Waals surface area contributed by atoms with E-state index in [1.807, 2.05) is 12.1 Å². The molecule has 0 N–H and O–H groups in total. The fourth-order valence-corrected chi connectivity index (χ4v) is 3.89. The standard InChI is InChI=1S/C22H17BrF2N2/c23-18-12-14-4-8-16(18)9-5-15-7-11-17(10-6-14)21(13-15)26-27-22-19(24)2-1-3-20(22)25/h1-4,7-8,11-13H,5-6,9-10H2. The molecular weight excluding hydrogens is 410 g/mol. The van der Waals surface area contributed by atoms with Crippen LogP contribution in [0.25, 0.3) is 0 Å². The summed E-state index contributed by atoms with van der Waals surface area (Å²) in [5.41, 5.74) is 4.95. The normalized spacial score (nSPS) is 13.7. The van der Waals surface area contributed by atoms with Gasteiger partial charge in [0.15, 0.2) is 17.3 Å². The third-order valence-corrected chi connectivity index (χ3v) is 5.57. The van der Waals surface area contributed by atoms with Gasteiger partial charge in [0.05, 0.1) is 5.69 Å². The van der Waals surface area contributed by atoms with E-state index in [2.05, 4.69) is 50.4 Å². The molecule has 4 bridgehead atoms. The Morgan fingerprint density at radius 3 is 2.04 bits per heavy atom. The summed E-state index contributed by atoms with van der Waals surface area (Å²) in [6.45, 7) is 0. The van der Waals surface area contributed by atoms with Crippen molar-refractivity contribution in [3.63, 3.8) is 0 Å². The monoisotopic (exact) mass is 426 g/mol. The zero-order valence-corrected chi connectivity index (χ0v) is 16.1. The molecule has 0 aromatic heterocycles. The molecule has 0 heterocycles. The smallest absolute Gasteiger partial charge is 0.157 e. The Bertz CT molecular complexity index is 1010. The molecule has 0 unspecified atom stereocenters. The topological polar surface area (TPSA) is 24.7 Å². The van der Waals surface area contributed by atoms with E-state index < -0.39 is 11.6 Å². The lowest BCUT2D eigenvalue weighted by atomic mass is 9.96. The Labute approximate surface area is 165 Å². The van der Waals surface area contributed by atoms with E-state index in [9.17, 15) is 8.78 Å². The van der Waals surface area contributed by atoms with Crippen molar-refractivity contribution in [2.24, 2.45) is 10.2 Å². The first-order chi connectivity index (χ1) is 13.1. The SMILES string of the molecule is Fc1cccc(F)c1N=Nc1cc2ccc1CCc1ccc(c(Br)c1)CC2. The highest BCUT2D eigenvalue weighted by molar-refractivity contribution is 9.10. The first kappa shape index (κ1) is 18.0. The number of nitrogens with zero attached hydrogens (tertiary/aromatic N) is 2. The molecule has 0 amide bonds. The van der Waals surface area contributed by atoms with Crippen molar-refractivity contribution in [1.82, 2.24) is 0 Å². The minimum absolute atomic E-state index is 0.353. The van der Waals surface area contributed by atoms with Crippen LogP contribution in [0, 0.1) is 11.6 Å². The zero-order valence-electron chi connectivity index (χ0n) is 14.6. The number of halogens is 3. The average molecular weight is 427 g/mol. The number of hydrogen-bond acceptors (Lipinski definition) is 2. The van der Waals surface area contributed by atoms with Crippen LogP contribution in [-0.2, 0) is 25.7 Å². The van der Waals surface area contributed by atoms with Gasteiger partial charge >= 0.3 is 0 Å². The van der Waals surface area contributed by atoms with Crippen LogP contribution in [-0.4, -0.2) is 0 Å². The maximum Gasteiger partial charge on any atom is 0.157 e. The molecule has 27 heavy (non-hydrogen) atoms. The Morgan fingerprint density at radius 2 is 1.33 bits per heavy atom. The van der Waals surface area contributed by atoms with Gasteiger partial charge in [-0.15, -0.1) is 5.11 Å². The Kier molecular flexibility index (Phi) is 5.12. The molecule has 0 atom stereocenters. The number of aryl methyl sites for hydroxylation is 4. The maximum absolute atomic E-state index is 13.8. The second-order valence-corrected chi connectivity index (χ2v) is 7.51. The van der Waals surface area contributed by atoms with Crippen molar-refractivity contribution in [3.05, 3.63) is 93.0 Å². The molecule has 0 spiro atoms. The van der Waals surface area contributed by atoms with Crippen molar-refractivity contribution in [2.75, 3.05) is 0 Å². The lowest BCUT2D eigenvalue weighted by Gasteiger charge is -2.13. The molecule has 2 nitrogen and oxygen atoms in total. The summed E-state index contributed by atoms with van der Waals surface area (Å²) in [5, 5.41) is 8.07. The van der Waals surface area contributed by atoms with Crippen LogP contribution >= 0.6 is 15.9 Å². The fraction of sp³-hybridized carbons (Fsp3) is 0.182. The van der Waals surface area contributed by atoms with Gasteiger partial charge in [-0.2, -0.15) is 5.11 Å². The van der Waals surface area contributed by atoms with Gasteiger partial charge in [0.1, 0.15) is 0 Å². The largest absolute Gasteiger partial charge is 0.204 e. The molecule has 3 aromatic rings. The van der Waals surface area contributed by atoms with E-state index in [4.69, 9.17) is 0 Å². The first-order valence-corrected chi connectivity index (χ1v) is 9.64. The Balaban J connectivity index is 1.70. The molecule has 4 aliphatic carbocycles. The lowest BCUT2D eigenvalue weighted by Crippen LogP contribution is -1.99. The summed E-state index contributed by atoms with van der Waals surface area (Å²) in [6, 6.07) is 16.3. The molecule has 5 heteroatoms. The maximum atomic E-state index is 13.8. The van der Waals surface area contributed by atoms with E-state index in [0.717, 1.165) is 41.3 Å². The third kappa shape index (κ3) is 3.98. The Hall–Kier alpha value is -2.40. The number of azo groups is 1. The van der Waals surface area contributed by atoms with Crippen LogP contribution in [0.5, 0.6) is 0 Å². The van der Waals surface area contributed by atoms with Crippen LogP contribution < -0.4 is 0 Å². The molecule has 0 fully saturated rings. The van der Waals surface area contributed by atoms with Gasteiger partial charge in [0.25, 0.3) is 0 Å². The first-order valence-electron chi connectivity index (χ1n) is 8.85. The average Bonchev–Trinajstić information content (AvgIpc) is 2.64. The Morgan fingerprint density at radius 1 is 0.704 bits per heavy atom. The highest BCUT2D eigenvalue weighted by Gasteiger charge is 2.11. The van der Waals surface area contributed by atoms with Crippen LogP contribution in [0.1, 0.15) is 22.3 Å². The number of hydrogen-bond donors (Lipinski definition) is 0. The predicted octanol–water partition coefficient (Wildman–Crippen LogP) is 7.03. The minimum atomic E-state index is -0.713. The second kappa shape index (κ2) is 7.69. The molecule has 136 valence electrons. The molecule has 0 saturated heterocycles. The summed E-state index contributed by atoms with van der Waals surface area (Å²) >= 11 is 3.66. The molecular formula is C22H17BrF2N2. The molecule has 0 radical (unpaired) electrons. The highest BCUT2D eigenvalue weighted by atomic mass is 79.9. The van der Waals surface area contributed by atoms with E-state index in [1.165, 1.54) is 29.3 Å². The number of rotatable bonds is 2. The van der Waals surface area contributed by atoms with Crippen molar-refractivity contribution >= 4 is 27.3 Å². The fourth-order valence-electron chi connectivity index (χ4n) is 3.26. The van der Waals surface area contributed by atoms with Crippen LogP contribution in [0.2, 0.25) is 0 Å². The van der Waals surface area contributed by atoms with Gasteiger partial charge in [-0.3, -0.25) is 0 Å². The van der Waals surface area contributed by atoms with Crippen LogP contribution in [0.15, 0.2) is 69.3 Å². The van der Waals surface area contributed by atoms with Gasteiger partial charge in [-0.05, 0) is 72.2 Å². The molecule has 7 rings (SSSR count). The molecule has 0 aliphatic heterocycles. The van der Waals surface area contributed by atoms with E-state index in [-0.39, 0.29) is 5.69 Å². The number of benzene rings is 3. The van der Waals surface area contributed by atoms with Crippen LogP contribution in [0.3, 0.4) is 0 Å². The zero-order chi connectivity index (χ0) is 18.8.